The molecular weight excluding hydrogens is 370 g/mol. The number of ether oxygens (including phenoxy) is 1. The monoisotopic (exact) mass is 391 g/mol. The Labute approximate surface area is 168 Å². The molecule has 1 aliphatic heterocycles. The van der Waals surface area contributed by atoms with E-state index in [4.69, 9.17) is 9.15 Å². The maximum Gasteiger partial charge on any atom is 0.264 e. The van der Waals surface area contributed by atoms with Crippen molar-refractivity contribution < 1.29 is 18.7 Å². The van der Waals surface area contributed by atoms with E-state index in [1.807, 2.05) is 31.2 Å². The zero-order chi connectivity index (χ0) is 20.5. The van der Waals surface area contributed by atoms with Gasteiger partial charge in [0.15, 0.2) is 12.4 Å². The number of nitrogens with zero attached hydrogens (tertiary/aromatic N) is 2. The minimum atomic E-state index is -0.242. The summed E-state index contributed by atoms with van der Waals surface area (Å²) in [5.74, 6) is 1.21. The van der Waals surface area contributed by atoms with Crippen molar-refractivity contribution in [1.29, 1.82) is 0 Å². The van der Waals surface area contributed by atoms with Crippen LogP contribution in [-0.4, -0.2) is 30.5 Å². The van der Waals surface area contributed by atoms with Gasteiger partial charge in [-0.25, -0.2) is 4.98 Å². The third-order valence-electron chi connectivity index (χ3n) is 4.83. The molecule has 1 aliphatic rings. The number of hydrogen-bond acceptors (Lipinski definition) is 5. The Kier molecular flexibility index (Phi) is 4.80. The van der Waals surface area contributed by atoms with Crippen molar-refractivity contribution in [3.63, 3.8) is 0 Å². The number of aromatic nitrogens is 1. The Bertz CT molecular complexity index is 1100. The van der Waals surface area contributed by atoms with Gasteiger partial charge in [0.1, 0.15) is 5.76 Å². The number of nitrogens with one attached hydrogen (secondary N) is 1. The van der Waals surface area contributed by atoms with Crippen molar-refractivity contribution in [2.75, 3.05) is 23.9 Å². The molecule has 0 radical (unpaired) electrons. The van der Waals surface area contributed by atoms with Gasteiger partial charge in [-0.15, -0.1) is 0 Å². The number of benzene rings is 2. The van der Waals surface area contributed by atoms with Crippen LogP contribution in [0.4, 0.5) is 11.4 Å². The fourth-order valence-corrected chi connectivity index (χ4v) is 3.24. The van der Waals surface area contributed by atoms with E-state index in [-0.39, 0.29) is 24.8 Å². The first kappa shape index (κ1) is 18.7. The molecule has 3 aromatic rings. The van der Waals surface area contributed by atoms with Gasteiger partial charge in [-0.2, -0.15) is 0 Å². The van der Waals surface area contributed by atoms with Crippen molar-refractivity contribution in [3.8, 4) is 17.2 Å². The van der Waals surface area contributed by atoms with E-state index in [9.17, 15) is 9.59 Å². The number of fused-ring (bicyclic) bond motifs is 1. The van der Waals surface area contributed by atoms with Crippen LogP contribution in [0.2, 0.25) is 0 Å². The van der Waals surface area contributed by atoms with Crippen LogP contribution in [0.5, 0.6) is 5.75 Å². The lowest BCUT2D eigenvalue weighted by Gasteiger charge is -2.27. The summed E-state index contributed by atoms with van der Waals surface area (Å²) in [6.07, 6.45) is 0.0690. The number of hydrogen-bond donors (Lipinski definition) is 1. The molecule has 1 aromatic heterocycles. The van der Waals surface area contributed by atoms with Crippen molar-refractivity contribution >= 4 is 23.2 Å². The molecule has 148 valence electrons. The van der Waals surface area contributed by atoms with E-state index in [0.717, 1.165) is 11.1 Å². The second kappa shape index (κ2) is 7.43. The Hall–Kier alpha value is -3.61. The normalized spacial score (nSPS) is 13.1. The molecule has 0 aliphatic carbocycles. The third kappa shape index (κ3) is 3.71. The number of rotatable bonds is 4. The van der Waals surface area contributed by atoms with Crippen LogP contribution in [0.15, 0.2) is 46.9 Å². The number of carbonyl (C=O) groups is 2. The summed E-state index contributed by atoms with van der Waals surface area (Å²) in [5.41, 5.74) is 3.70. The first-order valence-corrected chi connectivity index (χ1v) is 9.28. The van der Waals surface area contributed by atoms with Gasteiger partial charge in [0, 0.05) is 12.6 Å². The first-order valence-electron chi connectivity index (χ1n) is 9.28. The molecule has 0 saturated heterocycles. The van der Waals surface area contributed by atoms with Crippen molar-refractivity contribution in [2.45, 2.75) is 20.3 Å². The summed E-state index contributed by atoms with van der Waals surface area (Å²) in [6.45, 7) is 3.74. The molecule has 0 saturated carbocycles. The van der Waals surface area contributed by atoms with Crippen LogP contribution in [0.25, 0.3) is 11.5 Å². The lowest BCUT2D eigenvalue weighted by molar-refractivity contribution is -0.121. The van der Waals surface area contributed by atoms with Gasteiger partial charge in [0.2, 0.25) is 11.8 Å². The van der Waals surface area contributed by atoms with Crippen LogP contribution >= 0.6 is 0 Å². The molecule has 2 amide bonds. The molecule has 7 nitrogen and oxygen atoms in total. The Morgan fingerprint density at radius 1 is 1.21 bits per heavy atom. The quantitative estimate of drug-likeness (QED) is 0.736. The molecule has 29 heavy (non-hydrogen) atoms. The third-order valence-corrected chi connectivity index (χ3v) is 4.83. The Balaban J connectivity index is 1.52. The largest absolute Gasteiger partial charge is 0.479 e. The molecule has 0 bridgehead atoms. The Morgan fingerprint density at radius 3 is 2.79 bits per heavy atom. The number of amides is 2. The SMILES string of the molecule is Cc1cccc(-c2nc(CC(=O)Nc3cccc4c3OCC(=O)N4C)c(C)o2)c1. The molecule has 4 rings (SSSR count). The second-order valence-corrected chi connectivity index (χ2v) is 7.01. The van der Waals surface area contributed by atoms with Crippen LogP contribution in [0.3, 0.4) is 0 Å². The molecule has 2 heterocycles. The highest BCUT2D eigenvalue weighted by Gasteiger charge is 2.25. The molecule has 0 fully saturated rings. The maximum atomic E-state index is 12.6. The topological polar surface area (TPSA) is 84.7 Å². The number of aryl methyl sites for hydroxylation is 2. The fraction of sp³-hybridized carbons (Fsp3) is 0.227. The van der Waals surface area contributed by atoms with Crippen molar-refractivity contribution in [2.24, 2.45) is 0 Å². The standard InChI is InChI=1S/C22H21N3O4/c1-13-6-4-7-15(10-13)22-24-17(14(2)29-22)11-19(26)23-16-8-5-9-18-21(16)28-12-20(27)25(18)3/h4-10H,11-12H2,1-3H3,(H,23,26). The highest BCUT2D eigenvalue weighted by atomic mass is 16.5. The minimum Gasteiger partial charge on any atom is -0.479 e. The summed E-state index contributed by atoms with van der Waals surface area (Å²) < 4.78 is 11.3. The van der Waals surface area contributed by atoms with Crippen LogP contribution in [-0.2, 0) is 16.0 Å². The lowest BCUT2D eigenvalue weighted by atomic mass is 10.1. The van der Waals surface area contributed by atoms with Gasteiger partial charge in [0.25, 0.3) is 5.91 Å². The summed E-state index contributed by atoms with van der Waals surface area (Å²) in [7, 11) is 1.68. The highest BCUT2D eigenvalue weighted by molar-refractivity contribution is 6.01. The van der Waals surface area contributed by atoms with E-state index < -0.39 is 0 Å². The van der Waals surface area contributed by atoms with Gasteiger partial charge in [0.05, 0.1) is 23.5 Å². The average molecular weight is 391 g/mol. The molecule has 0 unspecified atom stereocenters. The van der Waals surface area contributed by atoms with Crippen molar-refractivity contribution in [1.82, 2.24) is 4.98 Å². The van der Waals surface area contributed by atoms with Gasteiger partial charge in [-0.1, -0.05) is 23.8 Å². The van der Waals surface area contributed by atoms with E-state index in [1.165, 1.54) is 4.90 Å². The zero-order valence-corrected chi connectivity index (χ0v) is 16.5. The van der Waals surface area contributed by atoms with Crippen LogP contribution in [0, 0.1) is 13.8 Å². The van der Waals surface area contributed by atoms with E-state index in [2.05, 4.69) is 10.3 Å². The van der Waals surface area contributed by atoms with Gasteiger partial charge < -0.3 is 19.4 Å². The number of carbonyl (C=O) groups excluding carboxylic acids is 2. The summed E-state index contributed by atoms with van der Waals surface area (Å²) in [6, 6.07) is 13.1. The molecular formula is C22H21N3O4. The van der Waals surface area contributed by atoms with E-state index in [0.29, 0.717) is 34.5 Å². The number of anilines is 2. The van der Waals surface area contributed by atoms with E-state index in [1.54, 1.807) is 32.2 Å². The predicted octanol–water partition coefficient (Wildman–Crippen LogP) is 3.49. The average Bonchev–Trinajstić information content (AvgIpc) is 3.05. The predicted molar refractivity (Wildman–Crippen MR) is 109 cm³/mol. The van der Waals surface area contributed by atoms with Gasteiger partial charge in [-0.3, -0.25) is 9.59 Å². The molecule has 0 atom stereocenters. The molecule has 7 heteroatoms. The summed E-state index contributed by atoms with van der Waals surface area (Å²) >= 11 is 0. The van der Waals surface area contributed by atoms with Crippen LogP contribution < -0.4 is 15.0 Å². The summed E-state index contributed by atoms with van der Waals surface area (Å²) in [4.78, 5) is 30.5. The number of para-hydroxylation sites is 1. The Morgan fingerprint density at radius 2 is 2.00 bits per heavy atom. The van der Waals surface area contributed by atoms with Crippen molar-refractivity contribution in [3.05, 3.63) is 59.5 Å². The molecule has 1 N–H and O–H groups in total. The second-order valence-electron chi connectivity index (χ2n) is 7.01. The highest BCUT2D eigenvalue weighted by Crippen LogP contribution is 2.38. The molecule has 2 aromatic carbocycles. The van der Waals surface area contributed by atoms with Crippen LogP contribution in [0.1, 0.15) is 17.0 Å². The fourth-order valence-electron chi connectivity index (χ4n) is 3.24. The van der Waals surface area contributed by atoms with E-state index >= 15 is 0 Å². The zero-order valence-electron chi connectivity index (χ0n) is 16.5. The number of likely N-dealkylation sites (N-methyl/N-ethyl adjacent to an activating group) is 1. The minimum absolute atomic E-state index is 0.0569. The smallest absolute Gasteiger partial charge is 0.264 e. The first-order chi connectivity index (χ1) is 13.9. The van der Waals surface area contributed by atoms with Gasteiger partial charge in [-0.05, 0) is 38.1 Å². The molecule has 0 spiro atoms. The number of oxazole rings is 1. The summed E-state index contributed by atoms with van der Waals surface area (Å²) in [5, 5.41) is 2.86. The van der Waals surface area contributed by atoms with Gasteiger partial charge >= 0.3 is 0 Å². The lowest BCUT2D eigenvalue weighted by Crippen LogP contribution is -2.35. The maximum absolute atomic E-state index is 12.6.